The Morgan fingerprint density at radius 3 is 2.47 bits per heavy atom. The van der Waals surface area contributed by atoms with Crippen molar-refractivity contribution in [1.29, 1.82) is 0 Å². The Balaban J connectivity index is 1.80. The first-order chi connectivity index (χ1) is 15.3. The molecule has 0 aliphatic carbocycles. The number of amides is 1. The van der Waals surface area contributed by atoms with Crippen molar-refractivity contribution in [3.63, 3.8) is 0 Å². The van der Waals surface area contributed by atoms with Gasteiger partial charge in [0.15, 0.2) is 0 Å². The van der Waals surface area contributed by atoms with Crippen molar-refractivity contribution in [1.82, 2.24) is 14.5 Å². The lowest BCUT2D eigenvalue weighted by molar-refractivity contribution is 0.0941. The number of ether oxygens (including phenoxy) is 1. The normalized spacial score (nSPS) is 16.0. The van der Waals surface area contributed by atoms with E-state index in [1.54, 1.807) is 26.2 Å². The molecule has 1 heterocycles. The van der Waals surface area contributed by atoms with Gasteiger partial charge in [0.1, 0.15) is 5.75 Å². The van der Waals surface area contributed by atoms with Crippen LogP contribution in [0.4, 0.5) is 0 Å². The number of nitrogens with zero attached hydrogens (tertiary/aromatic N) is 2. The van der Waals surface area contributed by atoms with Gasteiger partial charge in [0, 0.05) is 30.8 Å². The summed E-state index contributed by atoms with van der Waals surface area (Å²) in [5.41, 5.74) is 1.95. The first kappa shape index (κ1) is 24.2. The number of carbonyl (C=O) groups excluding carboxylic acids is 1. The Bertz CT molecular complexity index is 1050. The third-order valence-electron chi connectivity index (χ3n) is 5.96. The van der Waals surface area contributed by atoms with Crippen molar-refractivity contribution in [2.24, 2.45) is 0 Å². The molecule has 0 saturated carbocycles. The van der Waals surface area contributed by atoms with Crippen molar-refractivity contribution < 1.29 is 17.9 Å². The van der Waals surface area contributed by atoms with Gasteiger partial charge in [-0.25, -0.2) is 8.42 Å². The summed E-state index contributed by atoms with van der Waals surface area (Å²) >= 11 is 0. The number of hydrogen-bond donors (Lipinski definition) is 1. The molecule has 1 aliphatic heterocycles. The molecular formula is C24H33N3O4S. The lowest BCUT2D eigenvalue weighted by atomic mass is 10.0. The van der Waals surface area contributed by atoms with E-state index < -0.39 is 10.0 Å². The van der Waals surface area contributed by atoms with Crippen LogP contribution in [-0.4, -0.2) is 64.4 Å². The van der Waals surface area contributed by atoms with Crippen LogP contribution >= 0.6 is 0 Å². The minimum atomic E-state index is -3.62. The van der Waals surface area contributed by atoms with E-state index in [9.17, 15) is 13.2 Å². The average Bonchev–Trinajstić information content (AvgIpc) is 2.80. The maximum Gasteiger partial charge on any atom is 0.251 e. The largest absolute Gasteiger partial charge is 0.496 e. The van der Waals surface area contributed by atoms with Gasteiger partial charge in [0.25, 0.3) is 5.91 Å². The zero-order valence-corrected chi connectivity index (χ0v) is 20.1. The number of hydrogen-bond acceptors (Lipinski definition) is 5. The molecule has 0 spiro atoms. The number of likely N-dealkylation sites (N-methyl/N-ethyl adjacent to an activating group) is 1. The highest BCUT2D eigenvalue weighted by atomic mass is 32.2. The molecule has 3 rings (SSSR count). The number of methoxy groups -OCH3 is 1. The maximum atomic E-state index is 13.2. The van der Waals surface area contributed by atoms with Crippen molar-refractivity contribution in [2.45, 2.75) is 37.1 Å². The molecule has 174 valence electrons. The highest BCUT2D eigenvalue weighted by Crippen LogP contribution is 2.28. The van der Waals surface area contributed by atoms with E-state index in [2.05, 4.69) is 5.32 Å². The highest BCUT2D eigenvalue weighted by Gasteiger charge is 2.28. The first-order valence-corrected chi connectivity index (χ1v) is 12.4. The van der Waals surface area contributed by atoms with Gasteiger partial charge < -0.3 is 15.0 Å². The zero-order valence-electron chi connectivity index (χ0n) is 19.3. The van der Waals surface area contributed by atoms with E-state index in [1.165, 1.54) is 10.4 Å². The van der Waals surface area contributed by atoms with Gasteiger partial charge in [-0.15, -0.1) is 0 Å². The number of sulfonamides is 1. The average molecular weight is 460 g/mol. The number of benzene rings is 2. The van der Waals surface area contributed by atoms with Crippen molar-refractivity contribution >= 4 is 15.9 Å². The summed E-state index contributed by atoms with van der Waals surface area (Å²) in [6.45, 7) is 3.18. The Kier molecular flexibility index (Phi) is 7.92. The number of nitrogens with one attached hydrogen (secondary N) is 1. The molecule has 0 unspecified atom stereocenters. The molecule has 0 aromatic heterocycles. The fraction of sp³-hybridized carbons (Fsp3) is 0.458. The van der Waals surface area contributed by atoms with E-state index >= 15 is 0 Å². The molecule has 2 aromatic rings. The van der Waals surface area contributed by atoms with Gasteiger partial charge >= 0.3 is 0 Å². The minimum Gasteiger partial charge on any atom is -0.496 e. The Hall–Kier alpha value is -2.42. The number of piperidine rings is 1. The van der Waals surface area contributed by atoms with Crippen molar-refractivity contribution in [3.05, 3.63) is 59.2 Å². The lowest BCUT2D eigenvalue weighted by Crippen LogP contribution is -2.36. The Morgan fingerprint density at radius 2 is 1.81 bits per heavy atom. The molecule has 1 fully saturated rings. The van der Waals surface area contributed by atoms with Crippen LogP contribution < -0.4 is 10.1 Å². The standard InChI is InChI=1S/C24H33N3O4S/c1-18-12-13-19(16-23(18)32(29,30)27-14-8-5-9-15-27)24(28)25-17-21(26(2)3)20-10-6-7-11-22(20)31-4/h6-7,10-13,16,21H,5,8-9,14-15,17H2,1-4H3,(H,25,28)/t21-/m0/s1. The predicted octanol–water partition coefficient (Wildman–Crippen LogP) is 3.21. The van der Waals surface area contributed by atoms with E-state index in [-0.39, 0.29) is 16.8 Å². The topological polar surface area (TPSA) is 78.9 Å². The monoisotopic (exact) mass is 459 g/mol. The Labute approximate surface area is 191 Å². The third-order valence-corrected chi connectivity index (χ3v) is 8.00. The predicted molar refractivity (Wildman–Crippen MR) is 126 cm³/mol. The minimum absolute atomic E-state index is 0.0999. The van der Waals surface area contributed by atoms with E-state index in [0.717, 1.165) is 30.6 Å². The second-order valence-corrected chi connectivity index (χ2v) is 10.3. The van der Waals surface area contributed by atoms with Crippen LogP contribution in [0.15, 0.2) is 47.4 Å². The molecule has 0 bridgehead atoms. The quantitative estimate of drug-likeness (QED) is 0.656. The molecular weight excluding hydrogens is 426 g/mol. The van der Waals surface area contributed by atoms with Crippen LogP contribution in [0.5, 0.6) is 5.75 Å². The van der Waals surface area contributed by atoms with Crippen LogP contribution in [0.1, 0.15) is 46.8 Å². The van der Waals surface area contributed by atoms with Gasteiger partial charge in [0.2, 0.25) is 10.0 Å². The van der Waals surface area contributed by atoms with Gasteiger partial charge in [-0.3, -0.25) is 4.79 Å². The summed E-state index contributed by atoms with van der Waals surface area (Å²) in [4.78, 5) is 15.2. The number of para-hydroxylation sites is 1. The van der Waals surface area contributed by atoms with Crippen LogP contribution in [-0.2, 0) is 10.0 Å². The van der Waals surface area contributed by atoms with E-state index in [4.69, 9.17) is 4.74 Å². The smallest absolute Gasteiger partial charge is 0.251 e. The van der Waals surface area contributed by atoms with Crippen molar-refractivity contribution in [3.8, 4) is 5.75 Å². The number of aryl methyl sites for hydroxylation is 1. The zero-order chi connectivity index (χ0) is 23.3. The number of rotatable bonds is 8. The molecule has 1 aliphatic rings. The molecule has 1 amide bonds. The molecule has 1 saturated heterocycles. The van der Waals surface area contributed by atoms with Crippen molar-refractivity contribution in [2.75, 3.05) is 40.8 Å². The fourth-order valence-electron chi connectivity index (χ4n) is 4.07. The second-order valence-electron chi connectivity index (χ2n) is 8.38. The van der Waals surface area contributed by atoms with E-state index in [0.29, 0.717) is 30.8 Å². The highest BCUT2D eigenvalue weighted by molar-refractivity contribution is 7.89. The first-order valence-electron chi connectivity index (χ1n) is 10.9. The molecule has 32 heavy (non-hydrogen) atoms. The fourth-order valence-corrected chi connectivity index (χ4v) is 5.84. The maximum absolute atomic E-state index is 13.2. The van der Waals surface area contributed by atoms with Gasteiger partial charge in [-0.2, -0.15) is 4.31 Å². The molecule has 2 aromatic carbocycles. The summed E-state index contributed by atoms with van der Waals surface area (Å²) in [6.07, 6.45) is 2.79. The second kappa shape index (κ2) is 10.5. The van der Waals surface area contributed by atoms with Crippen LogP contribution in [0.2, 0.25) is 0 Å². The van der Waals surface area contributed by atoms with Crippen LogP contribution in [0.3, 0.4) is 0 Å². The number of carbonyl (C=O) groups is 1. The van der Waals surface area contributed by atoms with Gasteiger partial charge in [0.05, 0.1) is 18.0 Å². The summed E-state index contributed by atoms with van der Waals surface area (Å²) in [6, 6.07) is 12.5. The Morgan fingerprint density at radius 1 is 1.12 bits per heavy atom. The van der Waals surface area contributed by atoms with Crippen LogP contribution in [0, 0.1) is 6.92 Å². The summed E-state index contributed by atoms with van der Waals surface area (Å²) in [5.74, 6) is 0.451. The third kappa shape index (κ3) is 5.31. The summed E-state index contributed by atoms with van der Waals surface area (Å²) < 4.78 is 33.3. The SMILES string of the molecule is COc1ccccc1[C@H](CNC(=O)c1ccc(C)c(S(=O)(=O)N2CCCCC2)c1)N(C)C. The van der Waals surface area contributed by atoms with Crippen LogP contribution in [0.25, 0.3) is 0 Å². The molecule has 7 nitrogen and oxygen atoms in total. The summed E-state index contributed by atoms with van der Waals surface area (Å²) in [5, 5.41) is 2.96. The van der Waals surface area contributed by atoms with Gasteiger partial charge in [-0.1, -0.05) is 30.7 Å². The molecule has 1 atom stereocenters. The molecule has 8 heteroatoms. The van der Waals surface area contributed by atoms with Gasteiger partial charge in [-0.05, 0) is 57.6 Å². The van der Waals surface area contributed by atoms with E-state index in [1.807, 2.05) is 43.3 Å². The summed E-state index contributed by atoms with van der Waals surface area (Å²) in [7, 11) is 1.89. The lowest BCUT2D eigenvalue weighted by Gasteiger charge is -2.27. The molecule has 0 radical (unpaired) electrons. The molecule has 1 N–H and O–H groups in total.